The Labute approximate surface area is 145 Å². The van der Waals surface area contributed by atoms with E-state index in [9.17, 15) is 4.39 Å². The fraction of sp³-hybridized carbons (Fsp3) is 0.294. The number of nitrogens with zero attached hydrogens (tertiary/aromatic N) is 4. The molecule has 0 amide bonds. The summed E-state index contributed by atoms with van der Waals surface area (Å²) in [6, 6.07) is 10.7. The number of anilines is 1. The number of guanidine groups is 1. The van der Waals surface area contributed by atoms with Crippen molar-refractivity contribution in [1.29, 1.82) is 0 Å². The first-order valence-electron chi connectivity index (χ1n) is 7.78. The summed E-state index contributed by atoms with van der Waals surface area (Å²) in [6.07, 6.45) is 1.55. The molecule has 5 nitrogen and oxygen atoms in total. The van der Waals surface area contributed by atoms with E-state index in [1.807, 2.05) is 29.2 Å². The lowest BCUT2D eigenvalue weighted by atomic mass is 10.2. The van der Waals surface area contributed by atoms with Crippen LogP contribution in [0.4, 0.5) is 10.1 Å². The molecule has 1 aliphatic heterocycles. The van der Waals surface area contributed by atoms with Crippen molar-refractivity contribution in [3.8, 4) is 0 Å². The summed E-state index contributed by atoms with van der Waals surface area (Å²) < 4.78 is 13.5. The van der Waals surface area contributed by atoms with Crippen molar-refractivity contribution in [2.75, 3.05) is 31.1 Å². The Hall–Kier alpha value is -2.34. The highest BCUT2D eigenvalue weighted by molar-refractivity contribution is 6.30. The highest BCUT2D eigenvalue weighted by atomic mass is 35.5. The number of benzene rings is 1. The lowest BCUT2D eigenvalue weighted by Gasteiger charge is -2.36. The zero-order chi connectivity index (χ0) is 16.9. The van der Waals surface area contributed by atoms with Gasteiger partial charge in [-0.1, -0.05) is 11.6 Å². The molecule has 7 heteroatoms. The van der Waals surface area contributed by atoms with Crippen molar-refractivity contribution >= 4 is 23.2 Å². The lowest BCUT2D eigenvalue weighted by Crippen LogP contribution is -2.51. The molecule has 2 aromatic rings. The third-order valence-corrected chi connectivity index (χ3v) is 4.27. The van der Waals surface area contributed by atoms with E-state index in [0.29, 0.717) is 11.7 Å². The van der Waals surface area contributed by atoms with Crippen molar-refractivity contribution in [2.45, 2.75) is 6.54 Å². The van der Waals surface area contributed by atoms with Gasteiger partial charge in [0.15, 0.2) is 5.96 Å². The molecular weight excluding hydrogens is 329 g/mol. The lowest BCUT2D eigenvalue weighted by molar-refractivity contribution is 0.380. The third kappa shape index (κ3) is 3.94. The summed E-state index contributed by atoms with van der Waals surface area (Å²) in [5.74, 6) is 0.0671. The number of nitrogens with two attached hydrogens (primary N) is 1. The SMILES string of the molecule is NC(=NCc1ncccc1F)N1CCN(c2ccc(Cl)cc2)CC1. The van der Waals surface area contributed by atoms with Crippen LogP contribution in [0, 0.1) is 5.82 Å². The Balaban J connectivity index is 1.56. The zero-order valence-electron chi connectivity index (χ0n) is 13.2. The van der Waals surface area contributed by atoms with Crippen LogP contribution < -0.4 is 10.6 Å². The van der Waals surface area contributed by atoms with Crippen LogP contribution in [0.5, 0.6) is 0 Å². The molecule has 3 rings (SSSR count). The molecular formula is C17H19ClFN5. The van der Waals surface area contributed by atoms with E-state index in [0.717, 1.165) is 36.9 Å². The first kappa shape index (κ1) is 16.5. The highest BCUT2D eigenvalue weighted by Crippen LogP contribution is 2.19. The molecule has 2 heterocycles. The third-order valence-electron chi connectivity index (χ3n) is 4.02. The molecule has 2 N–H and O–H groups in total. The van der Waals surface area contributed by atoms with E-state index in [2.05, 4.69) is 14.9 Å². The maximum absolute atomic E-state index is 13.5. The summed E-state index contributed by atoms with van der Waals surface area (Å²) >= 11 is 5.92. The number of aliphatic imine (C=N–C) groups is 1. The van der Waals surface area contributed by atoms with Crippen LogP contribution in [-0.2, 0) is 6.54 Å². The van der Waals surface area contributed by atoms with E-state index in [-0.39, 0.29) is 12.4 Å². The van der Waals surface area contributed by atoms with Crippen LogP contribution in [0.1, 0.15) is 5.69 Å². The molecule has 0 aliphatic carbocycles. The van der Waals surface area contributed by atoms with Gasteiger partial charge >= 0.3 is 0 Å². The highest BCUT2D eigenvalue weighted by Gasteiger charge is 2.18. The first-order valence-corrected chi connectivity index (χ1v) is 8.16. The molecule has 0 bridgehead atoms. The number of pyridine rings is 1. The van der Waals surface area contributed by atoms with Crippen molar-refractivity contribution < 1.29 is 4.39 Å². The molecule has 1 fully saturated rings. The van der Waals surface area contributed by atoms with Crippen LogP contribution in [0.25, 0.3) is 0 Å². The maximum Gasteiger partial charge on any atom is 0.191 e. The van der Waals surface area contributed by atoms with Gasteiger partial charge in [0.2, 0.25) is 0 Å². The van der Waals surface area contributed by atoms with Gasteiger partial charge in [0.1, 0.15) is 5.82 Å². The standard InChI is InChI=1S/C17H19ClFN5/c18-13-3-5-14(6-4-13)23-8-10-24(11-9-23)17(20)22-12-16-15(19)2-1-7-21-16/h1-7H,8-12H2,(H2,20,22). The second kappa shape index (κ2) is 7.49. The summed E-state index contributed by atoms with van der Waals surface area (Å²) in [5, 5.41) is 0.732. The van der Waals surface area contributed by atoms with Gasteiger partial charge in [-0.05, 0) is 36.4 Å². The molecule has 1 aliphatic rings. The number of hydrogen-bond acceptors (Lipinski definition) is 3. The van der Waals surface area contributed by atoms with Crippen LogP contribution >= 0.6 is 11.6 Å². The first-order chi connectivity index (χ1) is 11.6. The van der Waals surface area contributed by atoms with Gasteiger partial charge in [-0.15, -0.1) is 0 Å². The predicted molar refractivity (Wildman–Crippen MR) is 94.8 cm³/mol. The van der Waals surface area contributed by atoms with Gasteiger partial charge in [0.25, 0.3) is 0 Å². The number of halogens is 2. The zero-order valence-corrected chi connectivity index (χ0v) is 14.0. The molecule has 1 aromatic heterocycles. The smallest absolute Gasteiger partial charge is 0.191 e. The fourth-order valence-electron chi connectivity index (χ4n) is 2.64. The Morgan fingerprint density at radius 1 is 1.17 bits per heavy atom. The van der Waals surface area contributed by atoms with Crippen molar-refractivity contribution in [3.05, 3.63) is 59.1 Å². The van der Waals surface area contributed by atoms with Gasteiger partial charge in [-0.25, -0.2) is 9.38 Å². The van der Waals surface area contributed by atoms with Crippen LogP contribution in [0.15, 0.2) is 47.6 Å². The minimum atomic E-state index is -0.360. The van der Waals surface area contributed by atoms with Gasteiger partial charge in [-0.2, -0.15) is 0 Å². The molecule has 126 valence electrons. The maximum atomic E-state index is 13.5. The Kier molecular flexibility index (Phi) is 5.15. The van der Waals surface area contributed by atoms with Gasteiger partial charge in [0, 0.05) is 43.1 Å². The number of piperazine rings is 1. The number of hydrogen-bond donors (Lipinski definition) is 1. The summed E-state index contributed by atoms with van der Waals surface area (Å²) in [4.78, 5) is 12.5. The largest absolute Gasteiger partial charge is 0.370 e. The molecule has 24 heavy (non-hydrogen) atoms. The minimum Gasteiger partial charge on any atom is -0.370 e. The molecule has 0 atom stereocenters. The van der Waals surface area contributed by atoms with Gasteiger partial charge < -0.3 is 15.5 Å². The topological polar surface area (TPSA) is 57.8 Å². The van der Waals surface area contributed by atoms with Crippen molar-refractivity contribution in [3.63, 3.8) is 0 Å². The van der Waals surface area contributed by atoms with Crippen molar-refractivity contribution in [2.24, 2.45) is 10.7 Å². The second-order valence-corrected chi connectivity index (χ2v) is 5.99. The van der Waals surface area contributed by atoms with E-state index in [1.54, 1.807) is 12.3 Å². The quantitative estimate of drug-likeness (QED) is 0.684. The van der Waals surface area contributed by atoms with E-state index >= 15 is 0 Å². The molecule has 0 spiro atoms. The molecule has 1 aromatic carbocycles. The van der Waals surface area contributed by atoms with Crippen molar-refractivity contribution in [1.82, 2.24) is 9.88 Å². The monoisotopic (exact) mass is 347 g/mol. The molecule has 0 radical (unpaired) electrons. The minimum absolute atomic E-state index is 0.149. The summed E-state index contributed by atoms with van der Waals surface area (Å²) in [7, 11) is 0. The summed E-state index contributed by atoms with van der Waals surface area (Å²) in [5.41, 5.74) is 7.49. The van der Waals surface area contributed by atoms with Crippen LogP contribution in [0.2, 0.25) is 5.02 Å². The molecule has 0 saturated carbocycles. The Morgan fingerprint density at radius 2 is 1.88 bits per heavy atom. The Bertz CT molecular complexity index is 711. The van der Waals surface area contributed by atoms with Crippen LogP contribution in [0.3, 0.4) is 0 Å². The van der Waals surface area contributed by atoms with Crippen LogP contribution in [-0.4, -0.2) is 42.0 Å². The van der Waals surface area contributed by atoms with Gasteiger partial charge in [0.05, 0.1) is 12.2 Å². The molecule has 0 unspecified atom stereocenters. The van der Waals surface area contributed by atoms with E-state index in [4.69, 9.17) is 17.3 Å². The van der Waals surface area contributed by atoms with Gasteiger partial charge in [-0.3, -0.25) is 4.98 Å². The average Bonchev–Trinajstić information content (AvgIpc) is 2.62. The number of aromatic nitrogens is 1. The summed E-state index contributed by atoms with van der Waals surface area (Å²) in [6.45, 7) is 3.37. The fourth-order valence-corrected chi connectivity index (χ4v) is 2.76. The molecule has 1 saturated heterocycles. The second-order valence-electron chi connectivity index (χ2n) is 5.56. The Morgan fingerprint density at radius 3 is 2.54 bits per heavy atom. The van der Waals surface area contributed by atoms with E-state index in [1.165, 1.54) is 6.07 Å². The van der Waals surface area contributed by atoms with E-state index < -0.39 is 0 Å². The number of rotatable bonds is 3. The predicted octanol–water partition coefficient (Wildman–Crippen LogP) is 2.51. The average molecular weight is 348 g/mol. The normalized spacial score (nSPS) is 15.7.